The van der Waals surface area contributed by atoms with E-state index in [4.69, 9.17) is 5.73 Å². The third kappa shape index (κ3) is 2.46. The molecule has 1 aromatic rings. The maximum Gasteiger partial charge on any atom is 0.264 e. The topological polar surface area (TPSA) is 46.3 Å². The van der Waals surface area contributed by atoms with E-state index in [-0.39, 0.29) is 5.91 Å². The van der Waals surface area contributed by atoms with Crippen molar-refractivity contribution in [3.63, 3.8) is 0 Å². The first-order valence-corrected chi connectivity index (χ1v) is 6.97. The molecule has 0 bridgehead atoms. The first-order valence-electron chi connectivity index (χ1n) is 6.16. The van der Waals surface area contributed by atoms with E-state index in [0.29, 0.717) is 12.0 Å². The summed E-state index contributed by atoms with van der Waals surface area (Å²) in [4.78, 5) is 16.2. The van der Waals surface area contributed by atoms with Crippen LogP contribution in [-0.2, 0) is 0 Å². The van der Waals surface area contributed by atoms with Crippen molar-refractivity contribution in [3.05, 3.63) is 15.8 Å². The molecule has 1 aromatic heterocycles. The maximum atomic E-state index is 12.4. The summed E-state index contributed by atoms with van der Waals surface area (Å²) in [5.41, 5.74) is 6.54. The molecule has 0 aromatic carbocycles. The monoisotopic (exact) mass is 252 g/mol. The van der Waals surface area contributed by atoms with Gasteiger partial charge >= 0.3 is 0 Å². The summed E-state index contributed by atoms with van der Waals surface area (Å²) in [5, 5.41) is 0. The van der Waals surface area contributed by atoms with E-state index in [2.05, 4.69) is 13.8 Å². The number of hydrogen-bond donors (Lipinski definition) is 1. The first kappa shape index (κ1) is 12.4. The largest absolute Gasteiger partial charge is 0.398 e. The number of thiophene rings is 1. The van der Waals surface area contributed by atoms with Crippen molar-refractivity contribution in [2.75, 3.05) is 12.3 Å². The Hall–Kier alpha value is -1.03. The number of rotatable bonds is 1. The number of anilines is 1. The highest BCUT2D eigenvalue weighted by Crippen LogP contribution is 2.28. The molecule has 3 nitrogen and oxygen atoms in total. The molecule has 0 aliphatic carbocycles. The van der Waals surface area contributed by atoms with Gasteiger partial charge in [-0.1, -0.05) is 6.92 Å². The van der Waals surface area contributed by atoms with Crippen LogP contribution >= 0.6 is 11.3 Å². The second kappa shape index (κ2) is 4.69. The average Bonchev–Trinajstić information content (AvgIpc) is 2.62. The Morgan fingerprint density at radius 1 is 1.47 bits per heavy atom. The number of likely N-dealkylation sites (tertiary alicyclic amines) is 1. The molecule has 0 radical (unpaired) electrons. The highest BCUT2D eigenvalue weighted by atomic mass is 32.1. The van der Waals surface area contributed by atoms with Crippen LogP contribution in [0, 0.1) is 12.8 Å². The molecule has 0 saturated carbocycles. The molecule has 2 heterocycles. The number of amides is 1. The zero-order valence-electron chi connectivity index (χ0n) is 10.7. The van der Waals surface area contributed by atoms with Gasteiger partial charge in [0.1, 0.15) is 0 Å². The molecule has 1 aliphatic rings. The van der Waals surface area contributed by atoms with Gasteiger partial charge in [-0.3, -0.25) is 4.79 Å². The predicted octanol–water partition coefficient (Wildman–Crippen LogP) is 2.90. The van der Waals surface area contributed by atoms with Crippen LogP contribution < -0.4 is 5.73 Å². The zero-order valence-corrected chi connectivity index (χ0v) is 11.5. The van der Waals surface area contributed by atoms with E-state index in [1.54, 1.807) is 0 Å². The van der Waals surface area contributed by atoms with Crippen molar-refractivity contribution >= 4 is 22.9 Å². The number of nitrogens with two attached hydrogens (primary N) is 1. The summed E-state index contributed by atoms with van der Waals surface area (Å²) in [6.07, 6.45) is 2.32. The van der Waals surface area contributed by atoms with Gasteiger partial charge in [0, 0.05) is 23.2 Å². The molecule has 2 rings (SSSR count). The van der Waals surface area contributed by atoms with E-state index >= 15 is 0 Å². The molecular formula is C13H20N2OS. The van der Waals surface area contributed by atoms with Gasteiger partial charge in [-0.05, 0) is 38.7 Å². The van der Waals surface area contributed by atoms with Crippen LogP contribution in [-0.4, -0.2) is 23.4 Å². The Bertz CT molecular complexity index is 408. The molecule has 1 fully saturated rings. The average molecular weight is 252 g/mol. The summed E-state index contributed by atoms with van der Waals surface area (Å²) in [6.45, 7) is 7.17. The van der Waals surface area contributed by atoms with Crippen LogP contribution in [0.5, 0.6) is 0 Å². The summed E-state index contributed by atoms with van der Waals surface area (Å²) in [6, 6.07) is 2.16. The minimum atomic E-state index is 0.147. The standard InChI is InChI=1S/C13H20N2OS/c1-8-4-5-9(2)15(7-8)13(16)12-6-11(14)10(3)17-12/h6,8-9H,4-5,7,14H2,1-3H3. The fourth-order valence-electron chi connectivity index (χ4n) is 2.31. The van der Waals surface area contributed by atoms with Crippen molar-refractivity contribution in [1.29, 1.82) is 0 Å². The van der Waals surface area contributed by atoms with Gasteiger partial charge < -0.3 is 10.6 Å². The number of carbonyl (C=O) groups is 1. The Morgan fingerprint density at radius 3 is 2.76 bits per heavy atom. The van der Waals surface area contributed by atoms with Crippen LogP contribution in [0.25, 0.3) is 0 Å². The summed E-state index contributed by atoms with van der Waals surface area (Å²) in [5.74, 6) is 0.752. The van der Waals surface area contributed by atoms with Crippen molar-refractivity contribution in [3.8, 4) is 0 Å². The lowest BCUT2D eigenvalue weighted by Gasteiger charge is -2.36. The summed E-state index contributed by atoms with van der Waals surface area (Å²) < 4.78 is 0. The molecule has 2 unspecified atom stereocenters. The van der Waals surface area contributed by atoms with Gasteiger partial charge in [0.2, 0.25) is 0 Å². The van der Waals surface area contributed by atoms with Crippen LogP contribution in [0.2, 0.25) is 0 Å². The minimum absolute atomic E-state index is 0.147. The van der Waals surface area contributed by atoms with Gasteiger partial charge in [-0.15, -0.1) is 11.3 Å². The number of carbonyl (C=O) groups excluding carboxylic acids is 1. The van der Waals surface area contributed by atoms with E-state index in [9.17, 15) is 4.79 Å². The SMILES string of the molecule is Cc1sc(C(=O)N2CC(C)CCC2C)cc1N. The van der Waals surface area contributed by atoms with Crippen LogP contribution in [0.3, 0.4) is 0 Å². The van der Waals surface area contributed by atoms with Crippen LogP contribution in [0.1, 0.15) is 41.2 Å². The van der Waals surface area contributed by atoms with Crippen molar-refractivity contribution < 1.29 is 4.79 Å². The van der Waals surface area contributed by atoms with Crippen LogP contribution in [0.15, 0.2) is 6.07 Å². The first-order chi connectivity index (χ1) is 7.99. The Morgan fingerprint density at radius 2 is 2.18 bits per heavy atom. The van der Waals surface area contributed by atoms with E-state index in [1.165, 1.54) is 17.8 Å². The molecule has 1 saturated heterocycles. The van der Waals surface area contributed by atoms with Gasteiger partial charge in [0.05, 0.1) is 4.88 Å². The lowest BCUT2D eigenvalue weighted by Crippen LogP contribution is -2.44. The van der Waals surface area contributed by atoms with Gasteiger partial charge in [0.15, 0.2) is 0 Å². The highest BCUT2D eigenvalue weighted by Gasteiger charge is 2.28. The smallest absolute Gasteiger partial charge is 0.264 e. The third-order valence-electron chi connectivity index (χ3n) is 3.55. The molecule has 1 amide bonds. The minimum Gasteiger partial charge on any atom is -0.398 e. The van der Waals surface area contributed by atoms with Crippen LogP contribution in [0.4, 0.5) is 5.69 Å². The second-order valence-corrected chi connectivity index (χ2v) is 6.37. The molecule has 0 spiro atoms. The molecule has 94 valence electrons. The number of nitrogens with zero attached hydrogens (tertiary/aromatic N) is 1. The van der Waals surface area contributed by atoms with Crippen molar-refractivity contribution in [2.45, 2.75) is 39.7 Å². The number of aryl methyl sites for hydroxylation is 1. The fraction of sp³-hybridized carbons (Fsp3) is 0.615. The molecule has 4 heteroatoms. The Kier molecular flexibility index (Phi) is 3.43. The summed E-state index contributed by atoms with van der Waals surface area (Å²) >= 11 is 1.50. The second-order valence-electron chi connectivity index (χ2n) is 5.11. The third-order valence-corrected chi connectivity index (χ3v) is 4.60. The predicted molar refractivity (Wildman–Crippen MR) is 72.4 cm³/mol. The highest BCUT2D eigenvalue weighted by molar-refractivity contribution is 7.14. The number of hydrogen-bond acceptors (Lipinski definition) is 3. The lowest BCUT2D eigenvalue weighted by atomic mass is 9.95. The number of piperidine rings is 1. The zero-order chi connectivity index (χ0) is 12.6. The van der Waals surface area contributed by atoms with Gasteiger partial charge in [0.25, 0.3) is 5.91 Å². The van der Waals surface area contributed by atoms with E-state index in [1.807, 2.05) is 17.9 Å². The molecule has 2 atom stereocenters. The fourth-order valence-corrected chi connectivity index (χ4v) is 3.21. The number of nitrogen functional groups attached to an aromatic ring is 1. The summed E-state index contributed by atoms with van der Waals surface area (Å²) in [7, 11) is 0. The molecular weight excluding hydrogens is 232 g/mol. The van der Waals surface area contributed by atoms with Crippen molar-refractivity contribution in [2.24, 2.45) is 5.92 Å². The Balaban J connectivity index is 2.18. The van der Waals surface area contributed by atoms with E-state index < -0.39 is 0 Å². The normalized spacial score (nSPS) is 25.0. The maximum absolute atomic E-state index is 12.4. The molecule has 1 aliphatic heterocycles. The van der Waals surface area contributed by atoms with E-state index in [0.717, 1.165) is 28.4 Å². The lowest BCUT2D eigenvalue weighted by molar-refractivity contribution is 0.0579. The molecule has 2 N–H and O–H groups in total. The quantitative estimate of drug-likeness (QED) is 0.835. The van der Waals surface area contributed by atoms with Crippen molar-refractivity contribution in [1.82, 2.24) is 4.90 Å². The van der Waals surface area contributed by atoms with Gasteiger partial charge in [-0.2, -0.15) is 0 Å². The van der Waals surface area contributed by atoms with Gasteiger partial charge in [-0.25, -0.2) is 0 Å². The molecule has 17 heavy (non-hydrogen) atoms. The Labute approximate surface area is 107 Å².